The first-order valence-corrected chi connectivity index (χ1v) is 15.1. The largest absolute Gasteiger partial charge is 0.383 e. The van der Waals surface area contributed by atoms with Crippen LogP contribution in [-0.2, 0) is 26.0 Å². The summed E-state index contributed by atoms with van der Waals surface area (Å²) in [5.41, 5.74) is 11.2. The minimum atomic E-state index is -3.19. The summed E-state index contributed by atoms with van der Waals surface area (Å²) in [5.74, 6) is -0.175. The Morgan fingerprint density at radius 3 is 2.38 bits per heavy atom. The van der Waals surface area contributed by atoms with Crippen LogP contribution in [0.1, 0.15) is 47.2 Å². The molecule has 2 aromatic carbocycles. The van der Waals surface area contributed by atoms with E-state index in [0.29, 0.717) is 31.9 Å². The lowest BCUT2D eigenvalue weighted by Gasteiger charge is -2.31. The maximum atomic E-state index is 12.5. The number of carbonyl (C=O) groups is 1. The van der Waals surface area contributed by atoms with Crippen LogP contribution in [0.15, 0.2) is 42.6 Å². The molecule has 0 unspecified atom stereocenters. The van der Waals surface area contributed by atoms with Crippen molar-refractivity contribution in [3.8, 4) is 11.1 Å². The molecule has 0 radical (unpaired) electrons. The number of aromatic amines is 1. The number of aromatic nitrogens is 1. The van der Waals surface area contributed by atoms with E-state index in [4.69, 9.17) is 15.2 Å². The van der Waals surface area contributed by atoms with Gasteiger partial charge in [0.1, 0.15) is 0 Å². The van der Waals surface area contributed by atoms with E-state index in [2.05, 4.69) is 28.1 Å². The SMILES string of the molecule is CCS(=O)(=O)N1CCC(c2c[nH]c3c(C(N)=O)cc(-c4cccc(CN(CCOC)CCOC)c4)cc23)CC1. The van der Waals surface area contributed by atoms with Crippen molar-refractivity contribution in [2.24, 2.45) is 5.73 Å². The van der Waals surface area contributed by atoms with E-state index < -0.39 is 15.9 Å². The van der Waals surface area contributed by atoms with Crippen molar-refractivity contribution in [2.45, 2.75) is 32.2 Å². The van der Waals surface area contributed by atoms with Gasteiger partial charge >= 0.3 is 0 Å². The number of carbonyl (C=O) groups excluding carboxylic acids is 1. The Morgan fingerprint density at radius 2 is 1.77 bits per heavy atom. The number of ether oxygens (including phenoxy) is 2. The Labute approximate surface area is 231 Å². The van der Waals surface area contributed by atoms with Gasteiger partial charge in [0.05, 0.1) is 30.0 Å². The predicted octanol–water partition coefficient (Wildman–Crippen LogP) is 3.56. The van der Waals surface area contributed by atoms with Crippen molar-refractivity contribution >= 4 is 26.8 Å². The average Bonchev–Trinajstić information content (AvgIpc) is 3.38. The van der Waals surface area contributed by atoms with Gasteiger partial charge in [-0.1, -0.05) is 18.2 Å². The van der Waals surface area contributed by atoms with Crippen molar-refractivity contribution < 1.29 is 22.7 Å². The first-order valence-electron chi connectivity index (χ1n) is 13.5. The summed E-state index contributed by atoms with van der Waals surface area (Å²) in [6.45, 7) is 6.31. The fraction of sp³-hybridized carbons (Fsp3) is 0.483. The molecule has 4 rings (SSSR count). The van der Waals surface area contributed by atoms with Crippen LogP contribution in [0.4, 0.5) is 0 Å². The molecule has 9 nitrogen and oxygen atoms in total. The number of H-pyrrole nitrogens is 1. The van der Waals surface area contributed by atoms with E-state index in [9.17, 15) is 13.2 Å². The fourth-order valence-corrected chi connectivity index (χ4v) is 6.53. The third-order valence-electron chi connectivity index (χ3n) is 7.63. The van der Waals surface area contributed by atoms with Crippen LogP contribution in [0.3, 0.4) is 0 Å². The summed E-state index contributed by atoms with van der Waals surface area (Å²) in [4.78, 5) is 18.1. The number of nitrogens with zero attached hydrogens (tertiary/aromatic N) is 2. The van der Waals surface area contributed by atoms with Crippen molar-refractivity contribution in [3.05, 3.63) is 59.3 Å². The molecule has 0 spiro atoms. The Bertz CT molecular complexity index is 1370. The maximum absolute atomic E-state index is 12.5. The highest BCUT2D eigenvalue weighted by molar-refractivity contribution is 7.89. The van der Waals surface area contributed by atoms with Gasteiger partial charge in [0.2, 0.25) is 10.0 Å². The van der Waals surface area contributed by atoms with Crippen molar-refractivity contribution in [1.82, 2.24) is 14.2 Å². The average molecular weight is 557 g/mol. The van der Waals surface area contributed by atoms with E-state index in [1.165, 1.54) is 0 Å². The molecule has 1 amide bonds. The highest BCUT2D eigenvalue weighted by Crippen LogP contribution is 2.37. The molecule has 1 saturated heterocycles. The number of nitrogens with two attached hydrogens (primary N) is 1. The van der Waals surface area contributed by atoms with E-state index in [1.807, 2.05) is 24.4 Å². The monoisotopic (exact) mass is 556 g/mol. The van der Waals surface area contributed by atoms with Crippen LogP contribution in [0, 0.1) is 0 Å². The van der Waals surface area contributed by atoms with Crippen LogP contribution < -0.4 is 5.73 Å². The first-order chi connectivity index (χ1) is 18.8. The minimum absolute atomic E-state index is 0.117. The Hall–Kier alpha value is -2.76. The first kappa shape index (κ1) is 29.2. The summed E-state index contributed by atoms with van der Waals surface area (Å²) >= 11 is 0. The fourth-order valence-electron chi connectivity index (χ4n) is 5.40. The molecule has 10 heteroatoms. The Morgan fingerprint density at radius 1 is 1.08 bits per heavy atom. The van der Waals surface area contributed by atoms with Crippen LogP contribution in [0.2, 0.25) is 0 Å². The topological polar surface area (TPSA) is 118 Å². The lowest BCUT2D eigenvalue weighted by atomic mass is 9.88. The zero-order valence-electron chi connectivity index (χ0n) is 23.1. The van der Waals surface area contributed by atoms with Crippen molar-refractivity contribution in [3.63, 3.8) is 0 Å². The maximum Gasteiger partial charge on any atom is 0.250 e. The number of hydrogen-bond acceptors (Lipinski definition) is 6. The second-order valence-electron chi connectivity index (χ2n) is 10.1. The zero-order valence-corrected chi connectivity index (χ0v) is 23.9. The minimum Gasteiger partial charge on any atom is -0.383 e. The number of benzene rings is 2. The lowest BCUT2D eigenvalue weighted by Crippen LogP contribution is -2.38. The van der Waals surface area contributed by atoms with Crippen LogP contribution in [0.5, 0.6) is 0 Å². The summed E-state index contributed by atoms with van der Waals surface area (Å²) < 4.78 is 36.8. The molecule has 3 N–H and O–H groups in total. The number of hydrogen-bond donors (Lipinski definition) is 2. The molecular formula is C29H40N4O5S. The lowest BCUT2D eigenvalue weighted by molar-refractivity contribution is 0.100. The number of methoxy groups -OCH3 is 2. The van der Waals surface area contributed by atoms with E-state index in [-0.39, 0.29) is 11.7 Å². The molecular weight excluding hydrogens is 516 g/mol. The van der Waals surface area contributed by atoms with Gasteiger partial charge in [0.25, 0.3) is 5.91 Å². The molecule has 3 aromatic rings. The highest BCUT2D eigenvalue weighted by Gasteiger charge is 2.29. The van der Waals surface area contributed by atoms with E-state index in [0.717, 1.165) is 65.6 Å². The van der Waals surface area contributed by atoms with Gasteiger partial charge < -0.3 is 20.2 Å². The molecule has 1 aliphatic heterocycles. The van der Waals surface area contributed by atoms with Crippen LogP contribution >= 0.6 is 0 Å². The second kappa shape index (κ2) is 13.1. The zero-order chi connectivity index (χ0) is 28.0. The molecule has 0 saturated carbocycles. The molecule has 1 aliphatic rings. The van der Waals surface area contributed by atoms with E-state index in [1.54, 1.807) is 25.4 Å². The molecule has 39 heavy (non-hydrogen) atoms. The normalized spacial score (nSPS) is 15.4. The Kier molecular flexibility index (Phi) is 9.79. The van der Waals surface area contributed by atoms with Gasteiger partial charge in [-0.05, 0) is 66.1 Å². The van der Waals surface area contributed by atoms with Crippen molar-refractivity contribution in [1.29, 1.82) is 0 Å². The van der Waals surface area contributed by atoms with E-state index >= 15 is 0 Å². The predicted molar refractivity (Wildman–Crippen MR) is 154 cm³/mol. The van der Waals surface area contributed by atoms with Gasteiger partial charge in [-0.25, -0.2) is 12.7 Å². The number of nitrogens with one attached hydrogen (secondary N) is 1. The quantitative estimate of drug-likeness (QED) is 0.332. The molecule has 0 aliphatic carbocycles. The summed E-state index contributed by atoms with van der Waals surface area (Å²) in [6, 6.07) is 12.3. The second-order valence-corrected chi connectivity index (χ2v) is 12.3. The number of primary amides is 1. The Balaban J connectivity index is 1.64. The molecule has 1 aromatic heterocycles. The number of sulfonamides is 1. The summed E-state index contributed by atoms with van der Waals surface area (Å²) in [5, 5.41) is 0.963. The molecule has 0 atom stereocenters. The molecule has 212 valence electrons. The third-order valence-corrected chi connectivity index (χ3v) is 9.51. The molecule has 2 heterocycles. The van der Waals surface area contributed by atoms with Gasteiger partial charge in [0, 0.05) is 58.5 Å². The summed E-state index contributed by atoms with van der Waals surface area (Å²) in [6.07, 6.45) is 3.42. The van der Waals surface area contributed by atoms with Crippen LogP contribution in [0.25, 0.3) is 22.0 Å². The third kappa shape index (κ3) is 6.88. The molecule has 0 bridgehead atoms. The van der Waals surface area contributed by atoms with Gasteiger partial charge in [-0.2, -0.15) is 0 Å². The van der Waals surface area contributed by atoms with Gasteiger partial charge in [-0.3, -0.25) is 9.69 Å². The van der Waals surface area contributed by atoms with Crippen molar-refractivity contribution in [2.75, 3.05) is 59.4 Å². The molecule has 1 fully saturated rings. The standard InChI is InChI=1S/C29H40N4O5S/c1-4-39(35,36)33-10-8-22(9-11-33)27-19-31-28-25(27)17-24(18-26(28)29(30)34)23-7-5-6-21(16-23)20-32(12-14-37-2)13-15-38-3/h5-7,16-19,22,31H,4,8-15,20H2,1-3H3,(H2,30,34). The summed E-state index contributed by atoms with van der Waals surface area (Å²) in [7, 11) is 0.210. The number of piperidine rings is 1. The smallest absolute Gasteiger partial charge is 0.250 e. The number of amides is 1. The van der Waals surface area contributed by atoms with Gasteiger partial charge in [-0.15, -0.1) is 0 Å². The van der Waals surface area contributed by atoms with Gasteiger partial charge in [0.15, 0.2) is 0 Å². The van der Waals surface area contributed by atoms with Crippen LogP contribution in [-0.4, -0.2) is 87.9 Å². The number of fused-ring (bicyclic) bond motifs is 1. The number of rotatable bonds is 13. The highest BCUT2D eigenvalue weighted by atomic mass is 32.2.